The summed E-state index contributed by atoms with van der Waals surface area (Å²) in [6, 6.07) is 16.4. The molecule has 0 spiro atoms. The van der Waals surface area contributed by atoms with Crippen LogP contribution in [0, 0.1) is 6.92 Å². The Morgan fingerprint density at radius 1 is 1.00 bits per heavy atom. The molecule has 1 N–H and O–H groups in total. The number of imidazole rings is 1. The third-order valence-corrected chi connectivity index (χ3v) is 4.29. The lowest BCUT2D eigenvalue weighted by Gasteiger charge is -2.14. The van der Waals surface area contributed by atoms with E-state index in [-0.39, 0.29) is 6.04 Å². The van der Waals surface area contributed by atoms with Gasteiger partial charge < -0.3 is 5.32 Å². The van der Waals surface area contributed by atoms with E-state index in [1.165, 1.54) is 5.56 Å². The predicted octanol–water partition coefficient (Wildman–Crippen LogP) is 4.27. The molecule has 0 aliphatic heterocycles. The maximum atomic E-state index is 4.68. The van der Waals surface area contributed by atoms with Crippen molar-refractivity contribution in [2.45, 2.75) is 19.9 Å². The van der Waals surface area contributed by atoms with Crippen molar-refractivity contribution in [1.29, 1.82) is 0 Å². The Morgan fingerprint density at radius 2 is 1.84 bits per heavy atom. The second kappa shape index (κ2) is 6.36. The van der Waals surface area contributed by atoms with Gasteiger partial charge in [0, 0.05) is 12.4 Å². The van der Waals surface area contributed by atoms with Crippen LogP contribution in [0.25, 0.3) is 17.0 Å². The molecule has 4 aromatic rings. The van der Waals surface area contributed by atoms with E-state index in [4.69, 9.17) is 0 Å². The largest absolute Gasteiger partial charge is 0.348 e. The summed E-state index contributed by atoms with van der Waals surface area (Å²) in [5.74, 6) is 0.608. The quantitative estimate of drug-likeness (QED) is 0.607. The van der Waals surface area contributed by atoms with Crippen molar-refractivity contribution in [3.05, 3.63) is 78.2 Å². The summed E-state index contributed by atoms with van der Waals surface area (Å²) in [5, 5.41) is 3.37. The van der Waals surface area contributed by atoms with Crippen LogP contribution < -0.4 is 5.32 Å². The second-order valence-corrected chi connectivity index (χ2v) is 6.07. The molecule has 0 radical (unpaired) electrons. The van der Waals surface area contributed by atoms with Gasteiger partial charge in [0.2, 0.25) is 5.95 Å². The summed E-state index contributed by atoms with van der Waals surface area (Å²) in [5.41, 5.74) is 5.08. The maximum Gasteiger partial charge on any atom is 0.223 e. The average molecular weight is 329 g/mol. The minimum Gasteiger partial charge on any atom is -0.348 e. The predicted molar refractivity (Wildman–Crippen MR) is 99.4 cm³/mol. The van der Waals surface area contributed by atoms with Crippen molar-refractivity contribution in [3.63, 3.8) is 0 Å². The lowest BCUT2D eigenvalue weighted by atomic mass is 10.1. The zero-order valence-corrected chi connectivity index (χ0v) is 14.2. The molecule has 0 saturated carbocycles. The number of hydrogen-bond acceptors (Lipinski definition) is 4. The van der Waals surface area contributed by atoms with Crippen LogP contribution in [0.2, 0.25) is 0 Å². The Kier molecular flexibility index (Phi) is 3.90. The van der Waals surface area contributed by atoms with Crippen LogP contribution in [-0.4, -0.2) is 19.4 Å². The normalized spacial score (nSPS) is 12.2. The van der Waals surface area contributed by atoms with Crippen molar-refractivity contribution >= 4 is 11.6 Å². The molecule has 0 aliphatic rings. The van der Waals surface area contributed by atoms with E-state index in [0.29, 0.717) is 5.95 Å². The molecule has 3 heterocycles. The first-order valence-corrected chi connectivity index (χ1v) is 8.30. The first-order chi connectivity index (χ1) is 12.2. The summed E-state index contributed by atoms with van der Waals surface area (Å²) in [6.45, 7) is 4.16. The van der Waals surface area contributed by atoms with Crippen LogP contribution in [0.3, 0.4) is 0 Å². The number of aryl methyl sites for hydroxylation is 1. The minimum absolute atomic E-state index is 0.126. The van der Waals surface area contributed by atoms with E-state index in [9.17, 15) is 0 Å². The number of anilines is 1. The molecule has 0 bridgehead atoms. The van der Waals surface area contributed by atoms with Gasteiger partial charge in [-0.1, -0.05) is 36.4 Å². The number of nitrogens with one attached hydrogen (secondary N) is 1. The lowest BCUT2D eigenvalue weighted by molar-refractivity contribution is 0.861. The molecule has 0 fully saturated rings. The number of nitrogens with zero attached hydrogens (tertiary/aromatic N) is 4. The van der Waals surface area contributed by atoms with E-state index >= 15 is 0 Å². The van der Waals surface area contributed by atoms with Crippen molar-refractivity contribution in [2.75, 3.05) is 5.32 Å². The summed E-state index contributed by atoms with van der Waals surface area (Å²) < 4.78 is 2.06. The van der Waals surface area contributed by atoms with Crippen molar-refractivity contribution in [1.82, 2.24) is 19.4 Å². The van der Waals surface area contributed by atoms with E-state index in [1.807, 2.05) is 42.7 Å². The Bertz CT molecular complexity index is 1010. The van der Waals surface area contributed by atoms with Gasteiger partial charge in [-0.3, -0.25) is 4.40 Å². The van der Waals surface area contributed by atoms with Gasteiger partial charge in [0.1, 0.15) is 5.65 Å². The minimum atomic E-state index is 0.126. The summed E-state index contributed by atoms with van der Waals surface area (Å²) >= 11 is 0. The lowest BCUT2D eigenvalue weighted by Crippen LogP contribution is -2.09. The summed E-state index contributed by atoms with van der Waals surface area (Å²) in [6.07, 6.45) is 5.64. The summed E-state index contributed by atoms with van der Waals surface area (Å²) in [7, 11) is 0. The smallest absolute Gasteiger partial charge is 0.223 e. The molecule has 5 heteroatoms. The van der Waals surface area contributed by atoms with Gasteiger partial charge >= 0.3 is 0 Å². The second-order valence-electron chi connectivity index (χ2n) is 6.07. The highest BCUT2D eigenvalue weighted by Crippen LogP contribution is 2.22. The number of hydrogen-bond donors (Lipinski definition) is 1. The highest BCUT2D eigenvalue weighted by atomic mass is 15.1. The van der Waals surface area contributed by atoms with Gasteiger partial charge in [0.25, 0.3) is 0 Å². The van der Waals surface area contributed by atoms with Crippen LogP contribution in [0.1, 0.15) is 24.1 Å². The van der Waals surface area contributed by atoms with Crippen LogP contribution >= 0.6 is 0 Å². The molecule has 0 amide bonds. The van der Waals surface area contributed by atoms with Crippen LogP contribution in [-0.2, 0) is 0 Å². The first kappa shape index (κ1) is 15.3. The van der Waals surface area contributed by atoms with Gasteiger partial charge in [0.15, 0.2) is 0 Å². The molecule has 4 rings (SSSR count). The van der Waals surface area contributed by atoms with E-state index in [0.717, 1.165) is 22.6 Å². The van der Waals surface area contributed by atoms with Gasteiger partial charge in [-0.05, 0) is 37.1 Å². The Labute approximate surface area is 146 Å². The molecular weight excluding hydrogens is 310 g/mol. The number of fused-ring (bicyclic) bond motifs is 1. The van der Waals surface area contributed by atoms with Crippen LogP contribution in [0.5, 0.6) is 0 Å². The molecule has 3 aromatic heterocycles. The zero-order valence-electron chi connectivity index (χ0n) is 14.2. The topological polar surface area (TPSA) is 55.1 Å². The van der Waals surface area contributed by atoms with Crippen molar-refractivity contribution in [2.24, 2.45) is 0 Å². The third kappa shape index (κ3) is 2.96. The highest BCUT2D eigenvalue weighted by Gasteiger charge is 2.11. The standard InChI is InChI=1S/C20H19N5/c1-14-7-6-12-25-18(13-22-19(14)25)17-10-11-21-20(24-17)23-15(2)16-8-4-3-5-9-16/h3-13,15H,1-2H3,(H,21,23,24)/t15-/m0/s1. The molecule has 25 heavy (non-hydrogen) atoms. The molecule has 124 valence electrons. The van der Waals surface area contributed by atoms with E-state index in [1.54, 1.807) is 6.20 Å². The fraction of sp³-hybridized carbons (Fsp3) is 0.150. The fourth-order valence-corrected chi connectivity index (χ4v) is 2.93. The number of rotatable bonds is 4. The fourth-order valence-electron chi connectivity index (χ4n) is 2.93. The molecule has 0 unspecified atom stereocenters. The van der Waals surface area contributed by atoms with Gasteiger partial charge in [-0.15, -0.1) is 0 Å². The number of pyridine rings is 1. The summed E-state index contributed by atoms with van der Waals surface area (Å²) in [4.78, 5) is 13.6. The monoisotopic (exact) mass is 329 g/mol. The molecular formula is C20H19N5. The Balaban J connectivity index is 1.66. The van der Waals surface area contributed by atoms with Gasteiger partial charge in [-0.2, -0.15) is 0 Å². The average Bonchev–Trinajstić information content (AvgIpc) is 3.08. The number of aromatic nitrogens is 4. The van der Waals surface area contributed by atoms with Crippen LogP contribution in [0.4, 0.5) is 5.95 Å². The molecule has 1 atom stereocenters. The van der Waals surface area contributed by atoms with E-state index in [2.05, 4.69) is 56.7 Å². The van der Waals surface area contributed by atoms with Crippen LogP contribution in [0.15, 0.2) is 67.1 Å². The van der Waals surface area contributed by atoms with Gasteiger partial charge in [0.05, 0.1) is 23.6 Å². The maximum absolute atomic E-state index is 4.68. The molecule has 1 aromatic carbocycles. The van der Waals surface area contributed by atoms with Crippen molar-refractivity contribution in [3.8, 4) is 11.4 Å². The molecule has 0 saturated heterocycles. The highest BCUT2D eigenvalue weighted by molar-refractivity contribution is 5.62. The first-order valence-electron chi connectivity index (χ1n) is 8.30. The SMILES string of the molecule is Cc1cccn2c(-c3ccnc(N[C@@H](C)c4ccccc4)n3)cnc12. The van der Waals surface area contributed by atoms with Gasteiger partial charge in [-0.25, -0.2) is 15.0 Å². The number of benzene rings is 1. The van der Waals surface area contributed by atoms with E-state index < -0.39 is 0 Å². The molecule has 0 aliphatic carbocycles. The zero-order chi connectivity index (χ0) is 17.2. The van der Waals surface area contributed by atoms with Crippen molar-refractivity contribution < 1.29 is 0 Å². The third-order valence-electron chi connectivity index (χ3n) is 4.29. The molecule has 5 nitrogen and oxygen atoms in total. The Hall–Kier alpha value is -3.21. The Morgan fingerprint density at radius 3 is 2.68 bits per heavy atom.